The zero-order valence-electron chi connectivity index (χ0n) is 15.6. The first-order valence-corrected chi connectivity index (χ1v) is 9.14. The quantitative estimate of drug-likeness (QED) is 0.705. The van der Waals surface area contributed by atoms with Gasteiger partial charge in [0.1, 0.15) is 5.82 Å². The Balaban J connectivity index is 1.59. The average molecular weight is 358 g/mol. The second-order valence-corrected chi connectivity index (χ2v) is 6.90. The first kappa shape index (κ1) is 17.2. The number of carbonyl (C=O) groups is 1. The van der Waals surface area contributed by atoms with Gasteiger partial charge in [-0.1, -0.05) is 36.4 Å². The van der Waals surface area contributed by atoms with Gasteiger partial charge in [-0.2, -0.15) is 4.98 Å². The molecule has 0 fully saturated rings. The molecule has 5 heteroatoms. The lowest BCUT2D eigenvalue weighted by Crippen LogP contribution is -2.32. The smallest absolute Gasteiger partial charge is 0.227 e. The first-order valence-electron chi connectivity index (χ1n) is 9.14. The Hall–Kier alpha value is -3.21. The molecule has 0 saturated heterocycles. The third-order valence-electron chi connectivity index (χ3n) is 4.80. The van der Waals surface area contributed by atoms with E-state index in [1.807, 2.05) is 37.3 Å². The van der Waals surface area contributed by atoms with Crippen LogP contribution in [0.4, 0.5) is 17.5 Å². The average Bonchev–Trinajstić information content (AvgIpc) is 2.67. The molecule has 0 radical (unpaired) electrons. The van der Waals surface area contributed by atoms with Crippen molar-refractivity contribution in [3.63, 3.8) is 0 Å². The van der Waals surface area contributed by atoms with Gasteiger partial charge in [-0.15, -0.1) is 0 Å². The maximum atomic E-state index is 11.6. The molecule has 27 heavy (non-hydrogen) atoms. The van der Waals surface area contributed by atoms with Crippen LogP contribution in [0.2, 0.25) is 0 Å². The summed E-state index contributed by atoms with van der Waals surface area (Å²) in [6.07, 6.45) is 0.997. The van der Waals surface area contributed by atoms with Crippen LogP contribution in [0.15, 0.2) is 54.6 Å². The molecule has 0 bridgehead atoms. The number of aromatic nitrogens is 2. The minimum Gasteiger partial charge on any atom is -0.340 e. The third-order valence-corrected chi connectivity index (χ3v) is 4.80. The summed E-state index contributed by atoms with van der Waals surface area (Å²) in [5.74, 6) is 1.51. The Morgan fingerprint density at radius 3 is 2.67 bits per heavy atom. The monoisotopic (exact) mass is 358 g/mol. The van der Waals surface area contributed by atoms with Gasteiger partial charge in [0, 0.05) is 36.1 Å². The fraction of sp³-hybridized carbons (Fsp3) is 0.227. The van der Waals surface area contributed by atoms with Crippen molar-refractivity contribution in [1.82, 2.24) is 9.97 Å². The van der Waals surface area contributed by atoms with E-state index in [2.05, 4.69) is 39.5 Å². The molecule has 1 aliphatic heterocycles. The molecule has 0 unspecified atom stereocenters. The van der Waals surface area contributed by atoms with E-state index in [1.165, 1.54) is 11.1 Å². The maximum Gasteiger partial charge on any atom is 0.227 e. The Morgan fingerprint density at radius 2 is 1.85 bits per heavy atom. The molecule has 3 aromatic rings. The summed E-state index contributed by atoms with van der Waals surface area (Å²) in [6, 6.07) is 17.9. The molecular formula is C22H22N4O. The van der Waals surface area contributed by atoms with E-state index in [-0.39, 0.29) is 5.78 Å². The molecule has 2 aromatic carbocycles. The molecule has 0 spiro atoms. The Morgan fingerprint density at radius 1 is 1.04 bits per heavy atom. The molecule has 5 nitrogen and oxygen atoms in total. The summed E-state index contributed by atoms with van der Waals surface area (Å²) >= 11 is 0. The highest BCUT2D eigenvalue weighted by atomic mass is 16.1. The molecule has 0 atom stereocenters. The Labute approximate surface area is 159 Å². The molecule has 0 aliphatic carbocycles. The van der Waals surface area contributed by atoms with Crippen molar-refractivity contribution in [2.45, 2.75) is 26.8 Å². The lowest BCUT2D eigenvalue weighted by Gasteiger charge is -2.29. The number of rotatable bonds is 4. The van der Waals surface area contributed by atoms with Gasteiger partial charge in [0.05, 0.1) is 0 Å². The number of Topliss-reactive ketones (excluding diaryl/α,β-unsaturated/α-hetero) is 1. The lowest BCUT2D eigenvalue weighted by molar-refractivity contribution is 0.101. The van der Waals surface area contributed by atoms with Gasteiger partial charge < -0.3 is 10.2 Å². The van der Waals surface area contributed by atoms with Crippen molar-refractivity contribution in [2.75, 3.05) is 16.8 Å². The molecule has 4 rings (SSSR count). The van der Waals surface area contributed by atoms with Gasteiger partial charge in [-0.25, -0.2) is 4.98 Å². The van der Waals surface area contributed by atoms with Gasteiger partial charge in [0.25, 0.3) is 0 Å². The van der Waals surface area contributed by atoms with E-state index in [0.29, 0.717) is 5.56 Å². The molecule has 1 aromatic heterocycles. The van der Waals surface area contributed by atoms with E-state index >= 15 is 0 Å². The van der Waals surface area contributed by atoms with Crippen molar-refractivity contribution >= 4 is 23.2 Å². The van der Waals surface area contributed by atoms with E-state index in [1.54, 1.807) is 6.92 Å². The number of benzene rings is 2. The van der Waals surface area contributed by atoms with Crippen LogP contribution in [0.5, 0.6) is 0 Å². The van der Waals surface area contributed by atoms with Crippen molar-refractivity contribution in [2.24, 2.45) is 0 Å². The van der Waals surface area contributed by atoms with Crippen LogP contribution in [-0.4, -0.2) is 22.3 Å². The number of carbonyl (C=O) groups excluding carboxylic acids is 1. The number of hydrogen-bond acceptors (Lipinski definition) is 5. The van der Waals surface area contributed by atoms with E-state index in [0.717, 1.165) is 42.7 Å². The van der Waals surface area contributed by atoms with Crippen LogP contribution in [0.3, 0.4) is 0 Å². The summed E-state index contributed by atoms with van der Waals surface area (Å²) in [5, 5.41) is 3.31. The number of fused-ring (bicyclic) bond motifs is 1. The highest BCUT2D eigenvalue weighted by Crippen LogP contribution is 2.24. The number of ketones is 1. The molecule has 2 heterocycles. The lowest BCUT2D eigenvalue weighted by atomic mass is 10.0. The molecular weight excluding hydrogens is 336 g/mol. The topological polar surface area (TPSA) is 58.1 Å². The van der Waals surface area contributed by atoms with Gasteiger partial charge >= 0.3 is 0 Å². The standard InChI is InChI=1S/C22H22N4O/c1-15-12-21(24-20-9-5-8-18(13-20)16(2)27)25-22(23-15)26-11-10-17-6-3-4-7-19(17)14-26/h3-9,12-13H,10-11,14H2,1-2H3,(H,23,24,25). The molecule has 1 aliphatic rings. The minimum absolute atomic E-state index is 0.0465. The Kier molecular flexibility index (Phi) is 4.59. The molecule has 0 saturated carbocycles. The minimum atomic E-state index is 0.0465. The fourth-order valence-corrected chi connectivity index (χ4v) is 3.39. The number of anilines is 3. The molecule has 0 amide bonds. The van der Waals surface area contributed by atoms with Crippen molar-refractivity contribution < 1.29 is 4.79 Å². The SMILES string of the molecule is CC(=O)c1cccc(Nc2cc(C)nc(N3CCc4ccccc4C3)n2)c1. The van der Waals surface area contributed by atoms with Crippen LogP contribution in [0, 0.1) is 6.92 Å². The molecule has 136 valence electrons. The summed E-state index contributed by atoms with van der Waals surface area (Å²) in [7, 11) is 0. The second-order valence-electron chi connectivity index (χ2n) is 6.90. The summed E-state index contributed by atoms with van der Waals surface area (Å²) < 4.78 is 0. The van der Waals surface area contributed by atoms with Gasteiger partial charge in [-0.3, -0.25) is 4.79 Å². The van der Waals surface area contributed by atoms with E-state index in [4.69, 9.17) is 4.98 Å². The largest absolute Gasteiger partial charge is 0.340 e. The van der Waals surface area contributed by atoms with Gasteiger partial charge in [0.2, 0.25) is 5.95 Å². The van der Waals surface area contributed by atoms with Crippen LogP contribution in [0.25, 0.3) is 0 Å². The zero-order chi connectivity index (χ0) is 18.8. The first-order chi connectivity index (χ1) is 13.1. The number of aryl methyl sites for hydroxylation is 1. The Bertz CT molecular complexity index is 999. The summed E-state index contributed by atoms with van der Waals surface area (Å²) in [4.78, 5) is 23.2. The second kappa shape index (κ2) is 7.19. The third kappa shape index (κ3) is 3.82. The predicted octanol–water partition coefficient (Wildman–Crippen LogP) is 4.29. The normalized spacial score (nSPS) is 13.2. The summed E-state index contributed by atoms with van der Waals surface area (Å²) in [6.45, 7) is 5.26. The number of nitrogens with one attached hydrogen (secondary N) is 1. The van der Waals surface area contributed by atoms with Crippen LogP contribution < -0.4 is 10.2 Å². The van der Waals surface area contributed by atoms with Crippen LogP contribution in [0.1, 0.15) is 34.1 Å². The fourth-order valence-electron chi connectivity index (χ4n) is 3.39. The van der Waals surface area contributed by atoms with Gasteiger partial charge in [0.15, 0.2) is 5.78 Å². The highest BCUT2D eigenvalue weighted by molar-refractivity contribution is 5.95. The highest BCUT2D eigenvalue weighted by Gasteiger charge is 2.19. The van der Waals surface area contributed by atoms with Crippen molar-refractivity contribution in [1.29, 1.82) is 0 Å². The van der Waals surface area contributed by atoms with Gasteiger partial charge in [-0.05, 0) is 43.5 Å². The van der Waals surface area contributed by atoms with E-state index < -0.39 is 0 Å². The van der Waals surface area contributed by atoms with Crippen LogP contribution >= 0.6 is 0 Å². The van der Waals surface area contributed by atoms with E-state index in [9.17, 15) is 4.79 Å². The van der Waals surface area contributed by atoms with Crippen molar-refractivity contribution in [3.8, 4) is 0 Å². The van der Waals surface area contributed by atoms with Crippen LogP contribution in [-0.2, 0) is 13.0 Å². The van der Waals surface area contributed by atoms with Crippen molar-refractivity contribution in [3.05, 3.63) is 77.0 Å². The number of hydrogen-bond donors (Lipinski definition) is 1. The predicted molar refractivity (Wildman–Crippen MR) is 108 cm³/mol. The maximum absolute atomic E-state index is 11.6. The summed E-state index contributed by atoms with van der Waals surface area (Å²) in [5.41, 5.74) is 5.16. The zero-order valence-corrected chi connectivity index (χ0v) is 15.6. The number of nitrogens with zero attached hydrogens (tertiary/aromatic N) is 3. The molecule has 1 N–H and O–H groups in total.